The van der Waals surface area contributed by atoms with Crippen molar-refractivity contribution in [1.82, 2.24) is 0 Å². The van der Waals surface area contributed by atoms with E-state index >= 15 is 0 Å². The van der Waals surface area contributed by atoms with Crippen LogP contribution in [0.15, 0.2) is 36.4 Å². The zero-order chi connectivity index (χ0) is 18.9. The first kappa shape index (κ1) is 18.8. The number of carbonyl (C=O) groups excluding carboxylic acids is 1. The Hall–Kier alpha value is -1.96. The number of benzene rings is 2. The van der Waals surface area contributed by atoms with E-state index in [1.165, 1.54) is 22.5 Å². The van der Waals surface area contributed by atoms with Crippen LogP contribution in [-0.4, -0.2) is 31.7 Å². The van der Waals surface area contributed by atoms with E-state index in [4.69, 9.17) is 23.2 Å². The van der Waals surface area contributed by atoms with Gasteiger partial charge in [-0.05, 0) is 42.3 Å². The summed E-state index contributed by atoms with van der Waals surface area (Å²) < 4.78 is 25.4. The van der Waals surface area contributed by atoms with Gasteiger partial charge in [0.25, 0.3) is 0 Å². The first-order chi connectivity index (χ1) is 12.3. The van der Waals surface area contributed by atoms with Gasteiger partial charge in [-0.3, -0.25) is 9.10 Å². The van der Waals surface area contributed by atoms with Crippen molar-refractivity contribution in [2.75, 3.05) is 21.9 Å². The molecule has 0 aliphatic carbocycles. The molecule has 0 saturated carbocycles. The lowest BCUT2D eigenvalue weighted by atomic mass is 10.1. The third-order valence-corrected chi connectivity index (χ3v) is 6.62. The average Bonchev–Trinajstić information content (AvgIpc) is 2.92. The van der Waals surface area contributed by atoms with Gasteiger partial charge in [0.2, 0.25) is 15.9 Å². The largest absolute Gasteiger partial charge is 0.506 e. The monoisotopic (exact) mass is 414 g/mol. The molecule has 1 aliphatic rings. The third-order valence-electron chi connectivity index (χ3n) is 4.04. The summed E-state index contributed by atoms with van der Waals surface area (Å²) in [6.07, 6.45) is 0.458. The number of nitrogens with one attached hydrogen (secondary N) is 1. The lowest BCUT2D eigenvalue weighted by Gasteiger charge is -2.18. The number of rotatable bonds is 4. The Morgan fingerprint density at radius 2 is 1.88 bits per heavy atom. The summed E-state index contributed by atoms with van der Waals surface area (Å²) in [5.74, 6) is -0.513. The molecule has 0 bridgehead atoms. The minimum absolute atomic E-state index is 0.0792. The molecule has 2 N–H and O–H groups in total. The quantitative estimate of drug-likeness (QED) is 0.750. The molecule has 0 unspecified atom stereocenters. The Balaban J connectivity index is 1.81. The molecule has 0 radical (unpaired) electrons. The molecule has 0 spiro atoms. The number of carbonyl (C=O) groups is 1. The van der Waals surface area contributed by atoms with E-state index in [1.807, 2.05) is 0 Å². The number of sulfonamides is 1. The molecular weight excluding hydrogens is 399 g/mol. The molecule has 9 heteroatoms. The lowest BCUT2D eigenvalue weighted by molar-refractivity contribution is -0.115. The summed E-state index contributed by atoms with van der Waals surface area (Å²) in [6, 6.07) is 9.22. The van der Waals surface area contributed by atoms with Gasteiger partial charge in [-0.25, -0.2) is 8.42 Å². The number of aromatic hydroxyl groups is 1. The van der Waals surface area contributed by atoms with Crippen LogP contribution in [0.25, 0.3) is 0 Å². The highest BCUT2D eigenvalue weighted by Gasteiger charge is 2.29. The SMILES string of the molecule is O=C(Cc1c(Cl)cccc1Cl)Nc1cc(N2CCCS2(=O)=O)ccc1O. The van der Waals surface area contributed by atoms with Gasteiger partial charge in [-0.15, -0.1) is 0 Å². The first-order valence-corrected chi connectivity index (χ1v) is 10.2. The number of phenols is 1. The predicted molar refractivity (Wildman–Crippen MR) is 103 cm³/mol. The van der Waals surface area contributed by atoms with E-state index in [2.05, 4.69) is 5.32 Å². The molecule has 1 saturated heterocycles. The molecule has 1 amide bonds. The number of phenolic OH excluding ortho intramolecular Hbond substituents is 1. The van der Waals surface area contributed by atoms with Gasteiger partial charge in [0, 0.05) is 16.6 Å². The van der Waals surface area contributed by atoms with Crippen molar-refractivity contribution in [2.24, 2.45) is 0 Å². The lowest BCUT2D eigenvalue weighted by Crippen LogP contribution is -2.25. The maximum atomic E-state index is 12.3. The van der Waals surface area contributed by atoms with Crippen LogP contribution in [0.5, 0.6) is 5.75 Å². The van der Waals surface area contributed by atoms with E-state index in [9.17, 15) is 18.3 Å². The highest BCUT2D eigenvalue weighted by Crippen LogP contribution is 2.32. The fourth-order valence-electron chi connectivity index (χ4n) is 2.76. The number of halogens is 2. The Labute approximate surface area is 161 Å². The molecule has 0 atom stereocenters. The number of hydrogen-bond donors (Lipinski definition) is 2. The number of amides is 1. The van der Waals surface area contributed by atoms with Crippen molar-refractivity contribution in [2.45, 2.75) is 12.8 Å². The second kappa shape index (κ2) is 7.34. The number of hydrogen-bond acceptors (Lipinski definition) is 4. The van der Waals surface area contributed by atoms with Crippen molar-refractivity contribution < 1.29 is 18.3 Å². The molecular formula is C17H16Cl2N2O4S. The Morgan fingerprint density at radius 3 is 2.50 bits per heavy atom. The molecule has 138 valence electrons. The van der Waals surface area contributed by atoms with Crippen molar-refractivity contribution >= 4 is 50.5 Å². The smallest absolute Gasteiger partial charge is 0.235 e. The zero-order valence-electron chi connectivity index (χ0n) is 13.6. The van der Waals surface area contributed by atoms with Crippen molar-refractivity contribution in [3.8, 4) is 5.75 Å². The normalized spacial score (nSPS) is 15.8. The Kier molecular flexibility index (Phi) is 5.32. The number of nitrogens with zero attached hydrogens (tertiary/aromatic N) is 1. The summed E-state index contributed by atoms with van der Waals surface area (Å²) in [7, 11) is -3.35. The van der Waals surface area contributed by atoms with Gasteiger partial charge in [0.1, 0.15) is 5.75 Å². The minimum Gasteiger partial charge on any atom is -0.506 e. The van der Waals surface area contributed by atoms with Gasteiger partial charge in [-0.1, -0.05) is 29.3 Å². The third kappa shape index (κ3) is 3.90. The highest BCUT2D eigenvalue weighted by molar-refractivity contribution is 7.93. The maximum Gasteiger partial charge on any atom is 0.235 e. The molecule has 1 fully saturated rings. The molecule has 3 rings (SSSR count). The Morgan fingerprint density at radius 1 is 1.19 bits per heavy atom. The molecule has 1 aliphatic heterocycles. The molecule has 26 heavy (non-hydrogen) atoms. The van der Waals surface area contributed by atoms with Crippen LogP contribution in [-0.2, 0) is 21.2 Å². The molecule has 6 nitrogen and oxygen atoms in total. The Bertz CT molecular complexity index is 943. The van der Waals surface area contributed by atoms with Gasteiger partial charge < -0.3 is 10.4 Å². The van der Waals surface area contributed by atoms with Crippen LogP contribution in [0, 0.1) is 0 Å². The molecule has 2 aromatic carbocycles. The van der Waals surface area contributed by atoms with Gasteiger partial charge >= 0.3 is 0 Å². The summed E-state index contributed by atoms with van der Waals surface area (Å²) in [6.45, 7) is 0.371. The van der Waals surface area contributed by atoms with Crippen LogP contribution in [0.4, 0.5) is 11.4 Å². The van der Waals surface area contributed by atoms with Crippen LogP contribution in [0.2, 0.25) is 10.0 Å². The molecule has 1 heterocycles. The fraction of sp³-hybridized carbons (Fsp3) is 0.235. The summed E-state index contributed by atoms with van der Waals surface area (Å²) in [5, 5.41) is 13.3. The first-order valence-electron chi connectivity index (χ1n) is 7.84. The van der Waals surface area contributed by atoms with E-state index in [0.717, 1.165) is 0 Å². The zero-order valence-corrected chi connectivity index (χ0v) is 15.9. The van der Waals surface area contributed by atoms with Crippen LogP contribution >= 0.6 is 23.2 Å². The van der Waals surface area contributed by atoms with Gasteiger partial charge in [-0.2, -0.15) is 0 Å². The predicted octanol–water partition coefficient (Wildman–Crippen LogP) is 3.42. The van der Waals surface area contributed by atoms with Gasteiger partial charge in [0.15, 0.2) is 0 Å². The number of anilines is 2. The van der Waals surface area contributed by atoms with Crippen molar-refractivity contribution in [1.29, 1.82) is 0 Å². The minimum atomic E-state index is -3.35. The van der Waals surface area contributed by atoms with E-state index in [-0.39, 0.29) is 23.6 Å². The van der Waals surface area contributed by atoms with E-state index in [0.29, 0.717) is 34.3 Å². The van der Waals surface area contributed by atoms with E-state index < -0.39 is 15.9 Å². The van der Waals surface area contributed by atoms with E-state index in [1.54, 1.807) is 18.2 Å². The summed E-state index contributed by atoms with van der Waals surface area (Å²) in [5.41, 5.74) is 0.996. The molecule has 2 aromatic rings. The van der Waals surface area contributed by atoms with Crippen LogP contribution in [0.3, 0.4) is 0 Å². The van der Waals surface area contributed by atoms with Gasteiger partial charge in [0.05, 0.1) is 23.5 Å². The maximum absolute atomic E-state index is 12.3. The second-order valence-corrected chi connectivity index (χ2v) is 8.70. The second-order valence-electron chi connectivity index (χ2n) is 5.87. The van der Waals surface area contributed by atoms with Crippen molar-refractivity contribution in [3.05, 3.63) is 52.0 Å². The van der Waals surface area contributed by atoms with Crippen LogP contribution in [0.1, 0.15) is 12.0 Å². The molecule has 0 aromatic heterocycles. The highest BCUT2D eigenvalue weighted by atomic mass is 35.5. The summed E-state index contributed by atoms with van der Waals surface area (Å²) >= 11 is 12.1. The topological polar surface area (TPSA) is 86.7 Å². The van der Waals surface area contributed by atoms with Crippen LogP contribution < -0.4 is 9.62 Å². The standard InChI is InChI=1S/C17H16Cl2N2O4S/c18-13-3-1-4-14(19)12(13)10-17(23)20-15-9-11(5-6-16(15)22)21-7-2-8-26(21,24)25/h1,3-6,9,22H,2,7-8,10H2,(H,20,23). The average molecular weight is 415 g/mol. The van der Waals surface area contributed by atoms with Crippen molar-refractivity contribution in [3.63, 3.8) is 0 Å². The fourth-order valence-corrected chi connectivity index (χ4v) is 4.85. The summed E-state index contributed by atoms with van der Waals surface area (Å²) in [4.78, 5) is 12.3.